The minimum absolute atomic E-state index is 0.177. The van der Waals surface area contributed by atoms with Gasteiger partial charge in [-0.25, -0.2) is 9.50 Å². The average molecular weight is 573 g/mol. The van der Waals surface area contributed by atoms with Crippen LogP contribution in [0.1, 0.15) is 26.4 Å². The van der Waals surface area contributed by atoms with Gasteiger partial charge in [-0.05, 0) is 36.4 Å². The SMILES string of the molecule is COc1cc2cc(c1)C(=O)N[C@H]1CN(C(=O)c3cnc4cccnn34)C[C@@H]1Oc1ccc(c(OC)c1)CNC(=O)CO2. The van der Waals surface area contributed by atoms with E-state index in [-0.39, 0.29) is 49.4 Å². The van der Waals surface area contributed by atoms with Crippen molar-refractivity contribution in [3.8, 4) is 23.0 Å². The Morgan fingerprint density at radius 1 is 1.05 bits per heavy atom. The van der Waals surface area contributed by atoms with Crippen LogP contribution in [0.2, 0.25) is 0 Å². The van der Waals surface area contributed by atoms with Crippen molar-refractivity contribution >= 4 is 23.4 Å². The van der Waals surface area contributed by atoms with Crippen molar-refractivity contribution in [2.24, 2.45) is 0 Å². The van der Waals surface area contributed by atoms with Crippen molar-refractivity contribution in [2.45, 2.75) is 18.7 Å². The molecular weight excluding hydrogens is 544 g/mol. The van der Waals surface area contributed by atoms with Gasteiger partial charge in [0.2, 0.25) is 0 Å². The van der Waals surface area contributed by atoms with Crippen LogP contribution in [0.15, 0.2) is 60.9 Å². The summed E-state index contributed by atoms with van der Waals surface area (Å²) in [5.41, 5.74) is 1.84. The number of hydrogen-bond donors (Lipinski definition) is 2. The molecule has 2 aromatic heterocycles. The molecule has 13 nitrogen and oxygen atoms in total. The lowest BCUT2D eigenvalue weighted by molar-refractivity contribution is -0.123. The second kappa shape index (κ2) is 11.3. The summed E-state index contributed by atoms with van der Waals surface area (Å²) in [7, 11) is 3.00. The van der Waals surface area contributed by atoms with E-state index in [0.29, 0.717) is 28.6 Å². The summed E-state index contributed by atoms with van der Waals surface area (Å²) in [5, 5.41) is 10.1. The summed E-state index contributed by atoms with van der Waals surface area (Å²) >= 11 is 0. The highest BCUT2D eigenvalue weighted by molar-refractivity contribution is 5.96. The molecule has 0 radical (unpaired) electrons. The number of amides is 3. The van der Waals surface area contributed by atoms with Gasteiger partial charge in [0.05, 0.1) is 33.0 Å². The Hall–Kier alpha value is -5.33. The van der Waals surface area contributed by atoms with E-state index < -0.39 is 18.1 Å². The highest BCUT2D eigenvalue weighted by Gasteiger charge is 2.39. The van der Waals surface area contributed by atoms with Crippen molar-refractivity contribution in [3.05, 3.63) is 77.7 Å². The molecule has 4 bridgehead atoms. The first-order chi connectivity index (χ1) is 20.4. The van der Waals surface area contributed by atoms with E-state index in [0.717, 1.165) is 5.56 Å². The van der Waals surface area contributed by atoms with Crippen LogP contribution in [-0.4, -0.2) is 83.3 Å². The largest absolute Gasteiger partial charge is 0.497 e. The highest BCUT2D eigenvalue weighted by atomic mass is 16.5. The maximum absolute atomic E-state index is 13.6. The number of methoxy groups -OCH3 is 2. The summed E-state index contributed by atoms with van der Waals surface area (Å²) in [6.07, 6.45) is 2.46. The number of benzene rings is 2. The van der Waals surface area contributed by atoms with Crippen LogP contribution in [-0.2, 0) is 11.3 Å². The number of rotatable bonds is 3. The van der Waals surface area contributed by atoms with Crippen molar-refractivity contribution in [1.82, 2.24) is 30.1 Å². The van der Waals surface area contributed by atoms with E-state index in [1.54, 1.807) is 53.6 Å². The molecule has 3 aliphatic rings. The van der Waals surface area contributed by atoms with Gasteiger partial charge >= 0.3 is 0 Å². The van der Waals surface area contributed by atoms with Crippen LogP contribution in [0.4, 0.5) is 0 Å². The smallest absolute Gasteiger partial charge is 0.274 e. The summed E-state index contributed by atoms with van der Waals surface area (Å²) in [6.45, 7) is 0.307. The number of imidazole rings is 1. The third kappa shape index (κ3) is 5.36. The van der Waals surface area contributed by atoms with Gasteiger partial charge < -0.3 is 34.5 Å². The first kappa shape index (κ1) is 26.9. The summed E-state index contributed by atoms with van der Waals surface area (Å²) in [5.74, 6) is 0.590. The van der Waals surface area contributed by atoms with Gasteiger partial charge in [0.1, 0.15) is 29.1 Å². The van der Waals surface area contributed by atoms with Gasteiger partial charge in [-0.1, -0.05) is 0 Å². The molecule has 1 saturated heterocycles. The molecule has 1 fully saturated rings. The summed E-state index contributed by atoms with van der Waals surface area (Å²) in [4.78, 5) is 45.5. The fourth-order valence-electron chi connectivity index (χ4n) is 5.00. The molecule has 3 aliphatic heterocycles. The summed E-state index contributed by atoms with van der Waals surface area (Å²) in [6, 6.07) is 12.9. The van der Waals surface area contributed by atoms with Crippen molar-refractivity contribution in [2.75, 3.05) is 33.9 Å². The zero-order valence-electron chi connectivity index (χ0n) is 22.9. The lowest BCUT2D eigenvalue weighted by Crippen LogP contribution is -2.45. The molecule has 7 rings (SSSR count). The molecule has 2 aromatic carbocycles. The first-order valence-electron chi connectivity index (χ1n) is 13.2. The normalized spacial score (nSPS) is 18.8. The predicted octanol–water partition coefficient (Wildman–Crippen LogP) is 1.46. The minimum Gasteiger partial charge on any atom is -0.497 e. The number of fused-ring (bicyclic) bond motifs is 8. The molecule has 2 atom stereocenters. The van der Waals surface area contributed by atoms with Gasteiger partial charge in [0.25, 0.3) is 17.7 Å². The lowest BCUT2D eigenvalue weighted by Gasteiger charge is -2.22. The second-order valence-electron chi connectivity index (χ2n) is 9.82. The van der Waals surface area contributed by atoms with Crippen molar-refractivity contribution in [1.29, 1.82) is 0 Å². The van der Waals surface area contributed by atoms with Crippen molar-refractivity contribution in [3.63, 3.8) is 0 Å². The Morgan fingerprint density at radius 3 is 2.76 bits per heavy atom. The zero-order chi connectivity index (χ0) is 29.2. The molecule has 0 saturated carbocycles. The Kier molecular flexibility index (Phi) is 7.21. The predicted molar refractivity (Wildman–Crippen MR) is 148 cm³/mol. The number of aromatic nitrogens is 3. The molecule has 0 spiro atoms. The minimum atomic E-state index is -0.600. The molecule has 4 aromatic rings. The second-order valence-corrected chi connectivity index (χ2v) is 9.82. The average Bonchev–Trinajstić information content (AvgIpc) is 3.62. The molecule has 0 unspecified atom stereocenters. The van der Waals surface area contributed by atoms with Gasteiger partial charge in [-0.3, -0.25) is 14.4 Å². The van der Waals surface area contributed by atoms with E-state index in [1.807, 2.05) is 0 Å². The number of hydrogen-bond acceptors (Lipinski definition) is 9. The number of ether oxygens (including phenoxy) is 4. The van der Waals surface area contributed by atoms with E-state index in [1.165, 1.54) is 31.0 Å². The van der Waals surface area contributed by atoms with E-state index >= 15 is 0 Å². The van der Waals surface area contributed by atoms with Crippen molar-refractivity contribution < 1.29 is 33.3 Å². The number of nitrogens with zero attached hydrogens (tertiary/aromatic N) is 4. The van der Waals surface area contributed by atoms with Gasteiger partial charge in [-0.2, -0.15) is 5.10 Å². The van der Waals surface area contributed by atoms with E-state index in [9.17, 15) is 14.4 Å². The molecule has 13 heteroatoms. The quantitative estimate of drug-likeness (QED) is 0.373. The molecule has 42 heavy (non-hydrogen) atoms. The third-order valence-corrected chi connectivity index (χ3v) is 7.14. The molecule has 3 amide bonds. The van der Waals surface area contributed by atoms with Crippen LogP contribution in [0.3, 0.4) is 0 Å². The molecule has 2 N–H and O–H groups in total. The monoisotopic (exact) mass is 572 g/mol. The molecule has 216 valence electrons. The first-order valence-corrected chi connectivity index (χ1v) is 13.2. The number of carbonyl (C=O) groups is 3. The maximum atomic E-state index is 13.6. The fourth-order valence-corrected chi connectivity index (χ4v) is 5.00. The molecule has 5 heterocycles. The standard InChI is InChI=1S/C29H28N6O7/c1-39-20-8-18-9-21(10-20)41-16-27(36)31-12-17-5-6-19(11-24(17)40-2)42-25-15-34(14-22(25)33-28(18)37)29(38)23-13-30-26-4-3-7-32-35(23)26/h3-11,13,22,25H,12,14-16H2,1-2H3,(H,31,36)(H,33,37)/t22-,25-/m0/s1. The van der Waals surface area contributed by atoms with Gasteiger partial charge in [-0.15, -0.1) is 0 Å². The Morgan fingerprint density at radius 2 is 1.93 bits per heavy atom. The molecular formula is C29H28N6O7. The van der Waals surface area contributed by atoms with Gasteiger partial charge in [0.15, 0.2) is 17.9 Å². The Labute approximate surface area is 240 Å². The van der Waals surface area contributed by atoms with Crippen LogP contribution in [0.5, 0.6) is 23.0 Å². The lowest BCUT2D eigenvalue weighted by atomic mass is 10.1. The highest BCUT2D eigenvalue weighted by Crippen LogP contribution is 2.29. The Bertz CT molecular complexity index is 1670. The number of carbonyl (C=O) groups excluding carboxylic acids is 3. The zero-order valence-corrected chi connectivity index (χ0v) is 22.9. The Balaban J connectivity index is 1.34. The third-order valence-electron chi connectivity index (χ3n) is 7.14. The van der Waals surface area contributed by atoms with Crippen LogP contribution in [0, 0.1) is 0 Å². The van der Waals surface area contributed by atoms with Crippen LogP contribution in [0.25, 0.3) is 5.65 Å². The van der Waals surface area contributed by atoms with Crippen LogP contribution >= 0.6 is 0 Å². The van der Waals surface area contributed by atoms with Gasteiger partial charge in [0, 0.05) is 42.5 Å². The maximum Gasteiger partial charge on any atom is 0.274 e. The van der Waals surface area contributed by atoms with Crippen LogP contribution < -0.4 is 29.6 Å². The number of likely N-dealkylation sites (tertiary alicyclic amines) is 1. The number of nitrogens with one attached hydrogen (secondary N) is 2. The van der Waals surface area contributed by atoms with E-state index in [4.69, 9.17) is 18.9 Å². The van der Waals surface area contributed by atoms with E-state index in [2.05, 4.69) is 20.7 Å². The fraction of sp³-hybridized carbons (Fsp3) is 0.276. The summed E-state index contributed by atoms with van der Waals surface area (Å²) < 4.78 is 24.4. The molecule has 0 aliphatic carbocycles. The topological polar surface area (TPSA) is 146 Å².